The van der Waals surface area contributed by atoms with Gasteiger partial charge in [0.05, 0.1) is 28.3 Å². The second-order valence-corrected chi connectivity index (χ2v) is 8.71. The Hall–Kier alpha value is -3.29. The standard InChI is InChI=1S/C24H27FN4O3/c1-14(2)12-26-22(30)16-7-6-10-29(13-16)24(31)18-11-20(17-8-4-5-9-19(17)25)27-23-21(18)15(3)28-32-23/h4-5,8-9,11,14,16H,6-7,10,12-13H2,1-3H3,(H,26,30)/t16-/m1/s1. The number of halogens is 1. The summed E-state index contributed by atoms with van der Waals surface area (Å²) in [5.74, 6) is -0.585. The number of amides is 2. The molecule has 1 fully saturated rings. The van der Waals surface area contributed by atoms with Crippen molar-refractivity contribution in [1.82, 2.24) is 20.4 Å². The highest BCUT2D eigenvalue weighted by Crippen LogP contribution is 2.30. The van der Waals surface area contributed by atoms with Crippen LogP contribution in [0.2, 0.25) is 0 Å². The minimum absolute atomic E-state index is 0.0238. The van der Waals surface area contributed by atoms with E-state index in [4.69, 9.17) is 4.52 Å². The lowest BCUT2D eigenvalue weighted by atomic mass is 9.95. The van der Waals surface area contributed by atoms with Crippen LogP contribution in [0.3, 0.4) is 0 Å². The van der Waals surface area contributed by atoms with Gasteiger partial charge in [0.25, 0.3) is 11.6 Å². The zero-order valence-corrected chi connectivity index (χ0v) is 18.5. The molecule has 8 heteroatoms. The number of pyridine rings is 1. The Balaban J connectivity index is 1.66. The number of benzene rings is 1. The van der Waals surface area contributed by atoms with Crippen LogP contribution in [0.4, 0.5) is 4.39 Å². The highest BCUT2D eigenvalue weighted by Gasteiger charge is 2.31. The van der Waals surface area contributed by atoms with E-state index in [1.165, 1.54) is 6.07 Å². The maximum Gasteiger partial charge on any atom is 0.259 e. The van der Waals surface area contributed by atoms with E-state index in [2.05, 4.69) is 15.5 Å². The highest BCUT2D eigenvalue weighted by molar-refractivity contribution is 6.07. The van der Waals surface area contributed by atoms with Crippen LogP contribution in [0.5, 0.6) is 0 Å². The number of piperidine rings is 1. The summed E-state index contributed by atoms with van der Waals surface area (Å²) in [6.45, 7) is 7.33. The van der Waals surface area contributed by atoms with Crippen molar-refractivity contribution in [2.24, 2.45) is 11.8 Å². The molecule has 32 heavy (non-hydrogen) atoms. The molecule has 2 aromatic heterocycles. The first-order chi connectivity index (χ1) is 15.3. The minimum Gasteiger partial charge on any atom is -0.356 e. The van der Waals surface area contributed by atoms with Gasteiger partial charge in [0.1, 0.15) is 5.82 Å². The fraction of sp³-hybridized carbons (Fsp3) is 0.417. The van der Waals surface area contributed by atoms with E-state index >= 15 is 0 Å². The number of rotatable bonds is 5. The van der Waals surface area contributed by atoms with Crippen molar-refractivity contribution in [3.8, 4) is 11.3 Å². The van der Waals surface area contributed by atoms with Gasteiger partial charge in [-0.1, -0.05) is 31.1 Å². The van der Waals surface area contributed by atoms with E-state index in [0.29, 0.717) is 47.9 Å². The maximum atomic E-state index is 14.4. The molecular formula is C24H27FN4O3. The van der Waals surface area contributed by atoms with E-state index in [1.54, 1.807) is 36.1 Å². The number of carbonyl (C=O) groups is 2. The molecule has 168 valence electrons. The Morgan fingerprint density at radius 3 is 2.84 bits per heavy atom. The number of hydrogen-bond acceptors (Lipinski definition) is 5. The van der Waals surface area contributed by atoms with Gasteiger partial charge >= 0.3 is 0 Å². The molecule has 1 aliphatic heterocycles. The lowest BCUT2D eigenvalue weighted by molar-refractivity contribution is -0.126. The quantitative estimate of drug-likeness (QED) is 0.651. The third-order valence-corrected chi connectivity index (χ3v) is 5.76. The van der Waals surface area contributed by atoms with Gasteiger partial charge in [-0.15, -0.1) is 0 Å². The van der Waals surface area contributed by atoms with Crippen molar-refractivity contribution in [1.29, 1.82) is 0 Å². The van der Waals surface area contributed by atoms with Crippen LogP contribution in [0, 0.1) is 24.6 Å². The summed E-state index contributed by atoms with van der Waals surface area (Å²) in [6, 6.07) is 7.86. The number of hydrogen-bond donors (Lipinski definition) is 1. The lowest BCUT2D eigenvalue weighted by Crippen LogP contribution is -2.46. The molecule has 0 saturated carbocycles. The molecule has 0 bridgehead atoms. The maximum absolute atomic E-state index is 14.4. The van der Waals surface area contributed by atoms with Gasteiger partial charge in [0.15, 0.2) is 0 Å². The van der Waals surface area contributed by atoms with Crippen LogP contribution in [0.1, 0.15) is 42.7 Å². The van der Waals surface area contributed by atoms with Crippen LogP contribution in [0.15, 0.2) is 34.9 Å². The van der Waals surface area contributed by atoms with Gasteiger partial charge in [0.2, 0.25) is 5.91 Å². The van der Waals surface area contributed by atoms with Gasteiger partial charge in [0, 0.05) is 25.2 Å². The topological polar surface area (TPSA) is 88.3 Å². The van der Waals surface area contributed by atoms with Crippen LogP contribution < -0.4 is 5.32 Å². The van der Waals surface area contributed by atoms with E-state index < -0.39 is 5.82 Å². The molecular weight excluding hydrogens is 411 g/mol. The van der Waals surface area contributed by atoms with Gasteiger partial charge in [-0.05, 0) is 43.9 Å². The van der Waals surface area contributed by atoms with Crippen molar-refractivity contribution in [2.75, 3.05) is 19.6 Å². The molecule has 1 saturated heterocycles. The van der Waals surface area contributed by atoms with Gasteiger partial charge in [-0.25, -0.2) is 9.37 Å². The Labute approximate surface area is 186 Å². The molecule has 0 spiro atoms. The number of carbonyl (C=O) groups excluding carboxylic acids is 2. The van der Waals surface area contributed by atoms with Crippen LogP contribution in [-0.4, -0.2) is 46.5 Å². The second kappa shape index (κ2) is 9.06. The highest BCUT2D eigenvalue weighted by atomic mass is 19.1. The minimum atomic E-state index is -0.436. The average molecular weight is 439 g/mol. The molecule has 1 aliphatic rings. The molecule has 0 unspecified atom stereocenters. The third-order valence-electron chi connectivity index (χ3n) is 5.76. The summed E-state index contributed by atoms with van der Waals surface area (Å²) >= 11 is 0. The van der Waals surface area contributed by atoms with E-state index in [9.17, 15) is 14.0 Å². The van der Waals surface area contributed by atoms with E-state index in [0.717, 1.165) is 12.8 Å². The number of aryl methyl sites for hydroxylation is 1. The summed E-state index contributed by atoms with van der Waals surface area (Å²) in [5, 5.41) is 7.44. The molecule has 7 nitrogen and oxygen atoms in total. The van der Waals surface area contributed by atoms with Crippen molar-refractivity contribution in [2.45, 2.75) is 33.6 Å². The molecule has 1 N–H and O–H groups in total. The van der Waals surface area contributed by atoms with Crippen LogP contribution >= 0.6 is 0 Å². The van der Waals surface area contributed by atoms with E-state index in [-0.39, 0.29) is 29.0 Å². The molecule has 4 rings (SSSR count). The fourth-order valence-corrected chi connectivity index (χ4v) is 4.07. The van der Waals surface area contributed by atoms with Gasteiger partial charge < -0.3 is 14.7 Å². The number of fused-ring (bicyclic) bond motifs is 1. The SMILES string of the molecule is Cc1noc2nc(-c3ccccc3F)cc(C(=O)N3CCC[C@@H](C(=O)NCC(C)C)C3)c12. The number of likely N-dealkylation sites (tertiary alicyclic amines) is 1. The summed E-state index contributed by atoms with van der Waals surface area (Å²) in [6.07, 6.45) is 1.48. The fourth-order valence-electron chi connectivity index (χ4n) is 4.07. The zero-order valence-electron chi connectivity index (χ0n) is 18.5. The molecule has 0 radical (unpaired) electrons. The summed E-state index contributed by atoms with van der Waals surface area (Å²) in [7, 11) is 0. The third kappa shape index (κ3) is 4.35. The normalized spacial score (nSPS) is 16.5. The van der Waals surface area contributed by atoms with Crippen molar-refractivity contribution in [3.05, 3.63) is 47.4 Å². The summed E-state index contributed by atoms with van der Waals surface area (Å²) < 4.78 is 19.7. The number of aromatic nitrogens is 2. The Morgan fingerprint density at radius 2 is 2.09 bits per heavy atom. The smallest absolute Gasteiger partial charge is 0.259 e. The predicted octanol–water partition coefficient (Wildman–Crippen LogP) is 3.96. The molecule has 3 heterocycles. The predicted molar refractivity (Wildman–Crippen MR) is 118 cm³/mol. The molecule has 0 aliphatic carbocycles. The first-order valence-electron chi connectivity index (χ1n) is 10.9. The molecule has 1 atom stereocenters. The number of nitrogens with one attached hydrogen (secondary N) is 1. The monoisotopic (exact) mass is 438 g/mol. The van der Waals surface area contributed by atoms with E-state index in [1.807, 2.05) is 13.8 Å². The zero-order chi connectivity index (χ0) is 22.8. The molecule has 3 aromatic rings. The van der Waals surface area contributed by atoms with Crippen molar-refractivity contribution < 1.29 is 18.5 Å². The molecule has 2 amide bonds. The number of nitrogens with zero attached hydrogens (tertiary/aromatic N) is 3. The van der Waals surface area contributed by atoms with Gasteiger partial charge in [-0.2, -0.15) is 0 Å². The first-order valence-corrected chi connectivity index (χ1v) is 10.9. The molecule has 1 aromatic carbocycles. The summed E-state index contributed by atoms with van der Waals surface area (Å²) in [5.41, 5.74) is 1.67. The summed E-state index contributed by atoms with van der Waals surface area (Å²) in [4.78, 5) is 32.2. The van der Waals surface area contributed by atoms with Crippen LogP contribution in [0.25, 0.3) is 22.4 Å². The average Bonchev–Trinajstić information content (AvgIpc) is 3.17. The van der Waals surface area contributed by atoms with Gasteiger partial charge in [-0.3, -0.25) is 9.59 Å². The lowest BCUT2D eigenvalue weighted by Gasteiger charge is -2.32. The Kier molecular flexibility index (Phi) is 6.21. The Bertz CT molecular complexity index is 1160. The largest absolute Gasteiger partial charge is 0.356 e. The Morgan fingerprint density at radius 1 is 1.31 bits per heavy atom. The van der Waals surface area contributed by atoms with Crippen LogP contribution in [-0.2, 0) is 4.79 Å². The van der Waals surface area contributed by atoms with Crippen molar-refractivity contribution in [3.63, 3.8) is 0 Å². The second-order valence-electron chi connectivity index (χ2n) is 8.71. The first kappa shape index (κ1) is 21.9. The van der Waals surface area contributed by atoms with Crippen molar-refractivity contribution >= 4 is 22.9 Å².